The fraction of sp³-hybridized carbons (Fsp3) is 0.588. The van der Waals surface area contributed by atoms with E-state index in [4.69, 9.17) is 11.6 Å². The van der Waals surface area contributed by atoms with E-state index < -0.39 is 11.0 Å². The Hall–Kier alpha value is -0.710. The molecule has 3 nitrogen and oxygen atoms in total. The van der Waals surface area contributed by atoms with Crippen molar-refractivity contribution < 1.29 is 9.90 Å². The number of carbonyl (C=O) groups is 1. The number of amides is 1. The SMILES string of the molecule is O=C(NCC1(O)CCSC1)C1(c2cccc(Cl)c2)CCCC1. The summed E-state index contributed by atoms with van der Waals surface area (Å²) in [6.07, 6.45) is 4.57. The number of hydrogen-bond acceptors (Lipinski definition) is 3. The van der Waals surface area contributed by atoms with E-state index in [9.17, 15) is 9.90 Å². The molecule has 0 radical (unpaired) electrons. The van der Waals surface area contributed by atoms with Crippen LogP contribution in [0.4, 0.5) is 0 Å². The molecule has 1 aliphatic heterocycles. The third kappa shape index (κ3) is 3.15. The molecule has 1 saturated heterocycles. The standard InChI is InChI=1S/C17H22ClNO2S/c18-14-5-3-4-13(10-14)17(6-1-2-7-17)15(20)19-11-16(21)8-9-22-12-16/h3-5,10,21H,1-2,6-9,11-12H2,(H,19,20). The predicted molar refractivity (Wildman–Crippen MR) is 91.5 cm³/mol. The Morgan fingerprint density at radius 1 is 1.32 bits per heavy atom. The first-order valence-electron chi connectivity index (χ1n) is 7.89. The van der Waals surface area contributed by atoms with Gasteiger partial charge >= 0.3 is 0 Å². The van der Waals surface area contributed by atoms with Gasteiger partial charge in [0.15, 0.2) is 0 Å². The predicted octanol–water partition coefficient (Wildman–Crippen LogP) is 3.14. The van der Waals surface area contributed by atoms with Gasteiger partial charge < -0.3 is 10.4 Å². The van der Waals surface area contributed by atoms with Gasteiger partial charge in [-0.1, -0.05) is 36.6 Å². The third-order valence-corrected chi connectivity index (χ3v) is 6.40. The van der Waals surface area contributed by atoms with Crippen LogP contribution < -0.4 is 5.32 Å². The van der Waals surface area contributed by atoms with Gasteiger partial charge in [-0.2, -0.15) is 11.8 Å². The maximum absolute atomic E-state index is 12.9. The molecule has 120 valence electrons. The quantitative estimate of drug-likeness (QED) is 0.886. The minimum absolute atomic E-state index is 0.0394. The summed E-state index contributed by atoms with van der Waals surface area (Å²) in [6.45, 7) is 0.348. The number of aliphatic hydroxyl groups is 1. The highest BCUT2D eigenvalue weighted by atomic mass is 35.5. The van der Waals surface area contributed by atoms with Crippen molar-refractivity contribution in [1.82, 2.24) is 5.32 Å². The van der Waals surface area contributed by atoms with Crippen LogP contribution in [0.15, 0.2) is 24.3 Å². The lowest BCUT2D eigenvalue weighted by Gasteiger charge is -2.30. The monoisotopic (exact) mass is 339 g/mol. The minimum Gasteiger partial charge on any atom is -0.387 e. The first kappa shape index (κ1) is 16.2. The average Bonchev–Trinajstić information content (AvgIpc) is 3.15. The molecule has 5 heteroatoms. The van der Waals surface area contributed by atoms with Crippen LogP contribution in [0.25, 0.3) is 0 Å². The molecule has 0 bridgehead atoms. The lowest BCUT2D eigenvalue weighted by molar-refractivity contribution is -0.127. The smallest absolute Gasteiger partial charge is 0.230 e. The van der Waals surface area contributed by atoms with Crippen LogP contribution in [0, 0.1) is 0 Å². The second kappa shape index (κ2) is 6.42. The molecular formula is C17H22ClNO2S. The average molecular weight is 340 g/mol. The van der Waals surface area contributed by atoms with Crippen LogP contribution in [-0.2, 0) is 10.2 Å². The molecule has 1 aromatic carbocycles. The number of rotatable bonds is 4. The molecular weight excluding hydrogens is 318 g/mol. The highest BCUT2D eigenvalue weighted by Gasteiger charge is 2.43. The van der Waals surface area contributed by atoms with Crippen LogP contribution in [-0.4, -0.2) is 34.7 Å². The molecule has 1 saturated carbocycles. The molecule has 1 heterocycles. The molecule has 0 spiro atoms. The molecule has 1 amide bonds. The van der Waals surface area contributed by atoms with E-state index in [1.807, 2.05) is 24.3 Å². The highest BCUT2D eigenvalue weighted by molar-refractivity contribution is 7.99. The molecule has 1 aromatic rings. The van der Waals surface area contributed by atoms with Gasteiger partial charge in [0, 0.05) is 17.3 Å². The fourth-order valence-electron chi connectivity index (χ4n) is 3.56. The van der Waals surface area contributed by atoms with E-state index in [-0.39, 0.29) is 5.91 Å². The summed E-state index contributed by atoms with van der Waals surface area (Å²) < 4.78 is 0. The Labute approximate surface area is 140 Å². The molecule has 22 heavy (non-hydrogen) atoms. The van der Waals surface area contributed by atoms with Gasteiger partial charge in [0.2, 0.25) is 5.91 Å². The van der Waals surface area contributed by atoms with E-state index in [2.05, 4.69) is 5.32 Å². The first-order chi connectivity index (χ1) is 10.5. The Bertz CT molecular complexity index is 551. The van der Waals surface area contributed by atoms with Crippen LogP contribution in [0.5, 0.6) is 0 Å². The number of halogens is 1. The molecule has 0 aromatic heterocycles. The number of nitrogens with one attached hydrogen (secondary N) is 1. The maximum Gasteiger partial charge on any atom is 0.230 e. The summed E-state index contributed by atoms with van der Waals surface area (Å²) in [4.78, 5) is 12.9. The lowest BCUT2D eigenvalue weighted by Crippen LogP contribution is -2.49. The lowest BCUT2D eigenvalue weighted by atomic mass is 9.78. The van der Waals surface area contributed by atoms with Crippen molar-refractivity contribution in [2.24, 2.45) is 0 Å². The van der Waals surface area contributed by atoms with Crippen LogP contribution in [0.3, 0.4) is 0 Å². The Kier molecular flexibility index (Phi) is 4.72. The largest absolute Gasteiger partial charge is 0.387 e. The van der Waals surface area contributed by atoms with Gasteiger partial charge in [0.05, 0.1) is 11.0 Å². The van der Waals surface area contributed by atoms with Crippen molar-refractivity contribution in [3.8, 4) is 0 Å². The molecule has 2 fully saturated rings. The normalized spacial score (nSPS) is 27.0. The number of hydrogen-bond donors (Lipinski definition) is 2. The van der Waals surface area contributed by atoms with Crippen molar-refractivity contribution in [3.63, 3.8) is 0 Å². The van der Waals surface area contributed by atoms with Crippen LogP contribution in [0.2, 0.25) is 5.02 Å². The fourth-order valence-corrected chi connectivity index (χ4v) is 5.05. The van der Waals surface area contributed by atoms with Gasteiger partial charge in [-0.25, -0.2) is 0 Å². The van der Waals surface area contributed by atoms with Gasteiger partial charge in [-0.3, -0.25) is 4.79 Å². The summed E-state index contributed by atoms with van der Waals surface area (Å²) in [7, 11) is 0. The van der Waals surface area contributed by atoms with E-state index in [0.29, 0.717) is 17.3 Å². The van der Waals surface area contributed by atoms with Gasteiger partial charge in [-0.05, 0) is 42.7 Å². The second-order valence-corrected chi connectivity index (χ2v) is 8.05. The van der Waals surface area contributed by atoms with Crippen molar-refractivity contribution in [2.45, 2.75) is 43.1 Å². The molecule has 2 aliphatic rings. The molecule has 1 atom stereocenters. The topological polar surface area (TPSA) is 49.3 Å². The van der Waals surface area contributed by atoms with Gasteiger partial charge in [0.25, 0.3) is 0 Å². The molecule has 3 rings (SSSR count). The number of benzene rings is 1. The second-order valence-electron chi connectivity index (χ2n) is 6.51. The summed E-state index contributed by atoms with van der Waals surface area (Å²) in [5, 5.41) is 14.1. The zero-order chi connectivity index (χ0) is 15.6. The number of thioether (sulfide) groups is 1. The van der Waals surface area contributed by atoms with Crippen molar-refractivity contribution in [2.75, 3.05) is 18.1 Å². The Morgan fingerprint density at radius 2 is 2.09 bits per heavy atom. The molecule has 1 aliphatic carbocycles. The summed E-state index contributed by atoms with van der Waals surface area (Å²) in [5.41, 5.74) is -0.218. The summed E-state index contributed by atoms with van der Waals surface area (Å²) in [5.74, 6) is 1.71. The van der Waals surface area contributed by atoms with E-state index >= 15 is 0 Å². The van der Waals surface area contributed by atoms with Crippen molar-refractivity contribution >= 4 is 29.3 Å². The summed E-state index contributed by atoms with van der Waals surface area (Å²) >= 11 is 7.86. The Balaban J connectivity index is 1.77. The van der Waals surface area contributed by atoms with E-state index in [0.717, 1.165) is 43.4 Å². The van der Waals surface area contributed by atoms with Crippen LogP contribution in [0.1, 0.15) is 37.7 Å². The minimum atomic E-state index is -0.742. The van der Waals surface area contributed by atoms with Crippen molar-refractivity contribution in [3.05, 3.63) is 34.9 Å². The Morgan fingerprint density at radius 3 is 2.73 bits per heavy atom. The van der Waals surface area contributed by atoms with Gasteiger partial charge in [0.1, 0.15) is 0 Å². The third-order valence-electron chi connectivity index (χ3n) is 4.93. The zero-order valence-electron chi connectivity index (χ0n) is 12.6. The van der Waals surface area contributed by atoms with Crippen LogP contribution >= 0.6 is 23.4 Å². The van der Waals surface area contributed by atoms with E-state index in [1.54, 1.807) is 11.8 Å². The van der Waals surface area contributed by atoms with Gasteiger partial charge in [-0.15, -0.1) is 0 Å². The number of carbonyl (C=O) groups excluding carboxylic acids is 1. The van der Waals surface area contributed by atoms with Crippen molar-refractivity contribution in [1.29, 1.82) is 0 Å². The highest BCUT2D eigenvalue weighted by Crippen LogP contribution is 2.42. The van der Waals surface area contributed by atoms with E-state index in [1.165, 1.54) is 0 Å². The summed E-state index contributed by atoms with van der Waals surface area (Å²) in [6, 6.07) is 7.65. The molecule has 1 unspecified atom stereocenters. The zero-order valence-corrected chi connectivity index (χ0v) is 14.2. The first-order valence-corrected chi connectivity index (χ1v) is 9.42. The molecule has 2 N–H and O–H groups in total. The maximum atomic E-state index is 12.9.